The molecule has 30 heavy (non-hydrogen) atoms. The Kier molecular flexibility index (Phi) is 6.39. The Balaban J connectivity index is 1.35. The van der Waals surface area contributed by atoms with Gasteiger partial charge in [0.25, 0.3) is 0 Å². The Morgan fingerprint density at radius 2 is 2.03 bits per heavy atom. The van der Waals surface area contributed by atoms with Crippen molar-refractivity contribution >= 4 is 11.9 Å². The fourth-order valence-electron chi connectivity index (χ4n) is 5.67. The van der Waals surface area contributed by atoms with Crippen molar-refractivity contribution < 1.29 is 14.3 Å². The van der Waals surface area contributed by atoms with Crippen LogP contribution in [0.3, 0.4) is 0 Å². The maximum atomic E-state index is 12.7. The zero-order chi connectivity index (χ0) is 21.2. The summed E-state index contributed by atoms with van der Waals surface area (Å²) < 4.78 is 5.63. The minimum atomic E-state index is -0.434. The molecule has 7 nitrogen and oxygen atoms in total. The van der Waals surface area contributed by atoms with E-state index in [1.54, 1.807) is 0 Å². The third-order valence-corrected chi connectivity index (χ3v) is 7.67. The second-order valence-electron chi connectivity index (χ2n) is 10.1. The highest BCUT2D eigenvalue weighted by atomic mass is 16.5. The van der Waals surface area contributed by atoms with Crippen LogP contribution in [0.1, 0.15) is 65.2 Å². The molecule has 0 aromatic carbocycles. The van der Waals surface area contributed by atoms with Crippen LogP contribution in [0, 0.1) is 5.41 Å². The molecule has 2 saturated heterocycles. The van der Waals surface area contributed by atoms with Crippen molar-refractivity contribution in [2.45, 2.75) is 76.8 Å². The fourth-order valence-corrected chi connectivity index (χ4v) is 5.67. The summed E-state index contributed by atoms with van der Waals surface area (Å²) in [6.07, 6.45) is 12.7. The van der Waals surface area contributed by atoms with Gasteiger partial charge in [-0.3, -0.25) is 15.0 Å². The molecule has 3 amide bonds. The molecule has 0 radical (unpaired) electrons. The summed E-state index contributed by atoms with van der Waals surface area (Å²) in [5.74, 6) is -0.165. The number of ether oxygens (including phenoxy) is 1. The predicted molar refractivity (Wildman–Crippen MR) is 116 cm³/mol. The fraction of sp³-hybridized carbons (Fsp3) is 0.826. The zero-order valence-corrected chi connectivity index (χ0v) is 18.7. The first-order valence-corrected chi connectivity index (χ1v) is 11.8. The van der Waals surface area contributed by atoms with Crippen LogP contribution in [-0.4, -0.2) is 77.7 Å². The Bertz CT molecular complexity index is 665. The summed E-state index contributed by atoms with van der Waals surface area (Å²) in [4.78, 5) is 31.8. The number of carbonyl (C=O) groups excluding carboxylic acids is 2. The minimum Gasteiger partial charge on any atom is -0.379 e. The lowest BCUT2D eigenvalue weighted by Gasteiger charge is -2.49. The van der Waals surface area contributed by atoms with E-state index >= 15 is 0 Å². The predicted octanol–water partition coefficient (Wildman–Crippen LogP) is 2.93. The van der Waals surface area contributed by atoms with Crippen molar-refractivity contribution in [1.82, 2.24) is 20.0 Å². The van der Waals surface area contributed by atoms with Crippen molar-refractivity contribution in [2.75, 3.05) is 39.5 Å². The van der Waals surface area contributed by atoms with E-state index in [-0.39, 0.29) is 17.4 Å². The molecule has 3 fully saturated rings. The van der Waals surface area contributed by atoms with Crippen LogP contribution >= 0.6 is 0 Å². The van der Waals surface area contributed by atoms with Crippen LogP contribution in [-0.2, 0) is 9.53 Å². The van der Waals surface area contributed by atoms with Gasteiger partial charge in [-0.05, 0) is 50.1 Å². The highest BCUT2D eigenvalue weighted by molar-refractivity contribution is 5.98. The van der Waals surface area contributed by atoms with Crippen LogP contribution in [0.4, 0.5) is 4.79 Å². The van der Waals surface area contributed by atoms with E-state index < -0.39 is 5.54 Å². The summed E-state index contributed by atoms with van der Waals surface area (Å²) in [6.45, 7) is 9.61. The number of nitrogens with zero attached hydrogens (tertiary/aromatic N) is 3. The zero-order valence-electron chi connectivity index (χ0n) is 18.7. The topological polar surface area (TPSA) is 65.1 Å². The summed E-state index contributed by atoms with van der Waals surface area (Å²) in [7, 11) is 0. The van der Waals surface area contributed by atoms with Gasteiger partial charge in [0.1, 0.15) is 0 Å². The van der Waals surface area contributed by atoms with Crippen LogP contribution < -0.4 is 5.32 Å². The normalized spacial score (nSPS) is 35.3. The van der Waals surface area contributed by atoms with E-state index in [9.17, 15) is 9.59 Å². The molecule has 1 saturated carbocycles. The highest BCUT2D eigenvalue weighted by Gasteiger charge is 2.50. The SMILES string of the molecule is CCCCN1C=CCN(C2CCC(C)(CN3C(=O)NC(=O)CC34CCOC4)CC2)C1. The maximum Gasteiger partial charge on any atom is 0.324 e. The molecule has 4 aliphatic rings. The van der Waals surface area contributed by atoms with Gasteiger partial charge in [0, 0.05) is 32.3 Å². The van der Waals surface area contributed by atoms with Gasteiger partial charge in [0.15, 0.2) is 0 Å². The Morgan fingerprint density at radius 1 is 1.23 bits per heavy atom. The summed E-state index contributed by atoms with van der Waals surface area (Å²) in [6, 6.07) is 0.389. The molecular formula is C23H38N4O3. The Labute approximate surface area is 180 Å². The number of hydrogen-bond donors (Lipinski definition) is 1. The summed E-state index contributed by atoms with van der Waals surface area (Å²) in [5, 5.41) is 2.54. The van der Waals surface area contributed by atoms with Gasteiger partial charge in [-0.15, -0.1) is 0 Å². The minimum absolute atomic E-state index is 0.0946. The Hall–Kier alpha value is -1.60. The van der Waals surface area contributed by atoms with Gasteiger partial charge in [0.05, 0.1) is 25.2 Å². The average molecular weight is 419 g/mol. The number of imide groups is 1. The van der Waals surface area contributed by atoms with Crippen molar-refractivity contribution in [3.63, 3.8) is 0 Å². The Morgan fingerprint density at radius 3 is 2.73 bits per heavy atom. The molecule has 0 aromatic rings. The average Bonchev–Trinajstić information content (AvgIpc) is 3.19. The van der Waals surface area contributed by atoms with E-state index in [1.165, 1.54) is 25.7 Å². The van der Waals surface area contributed by atoms with E-state index in [1.807, 2.05) is 4.90 Å². The molecule has 1 aliphatic carbocycles. The first kappa shape index (κ1) is 21.6. The van der Waals surface area contributed by atoms with Crippen LogP contribution in [0.25, 0.3) is 0 Å². The molecule has 7 heteroatoms. The molecule has 4 rings (SSSR count). The molecular weight excluding hydrogens is 380 g/mol. The monoisotopic (exact) mass is 418 g/mol. The van der Waals surface area contributed by atoms with E-state index in [0.717, 1.165) is 39.0 Å². The number of rotatable bonds is 6. The summed E-state index contributed by atoms with van der Waals surface area (Å²) >= 11 is 0. The van der Waals surface area contributed by atoms with Gasteiger partial charge in [0.2, 0.25) is 5.91 Å². The lowest BCUT2D eigenvalue weighted by atomic mass is 9.72. The highest BCUT2D eigenvalue weighted by Crippen LogP contribution is 2.42. The van der Waals surface area contributed by atoms with Crippen molar-refractivity contribution in [1.29, 1.82) is 0 Å². The molecule has 1 unspecified atom stereocenters. The number of urea groups is 1. The van der Waals surface area contributed by atoms with Crippen LogP contribution in [0.2, 0.25) is 0 Å². The van der Waals surface area contributed by atoms with Crippen molar-refractivity contribution in [2.24, 2.45) is 5.41 Å². The largest absolute Gasteiger partial charge is 0.379 e. The lowest BCUT2D eigenvalue weighted by molar-refractivity contribution is -0.126. The quantitative estimate of drug-likeness (QED) is 0.719. The van der Waals surface area contributed by atoms with Crippen molar-refractivity contribution in [3.8, 4) is 0 Å². The molecule has 1 spiro atoms. The van der Waals surface area contributed by atoms with E-state index in [4.69, 9.17) is 4.74 Å². The van der Waals surface area contributed by atoms with Gasteiger partial charge in [-0.1, -0.05) is 26.3 Å². The molecule has 168 valence electrons. The van der Waals surface area contributed by atoms with Gasteiger partial charge < -0.3 is 14.5 Å². The second-order valence-corrected chi connectivity index (χ2v) is 10.1. The standard InChI is InChI=1S/C23H38N4O3/c1-3-4-11-25-12-5-13-26(18-25)19-6-8-22(2,9-7-19)16-27-21(29)24-20(28)15-23(27)10-14-30-17-23/h5,12,19H,3-4,6-11,13-18H2,1-2H3,(H,24,28,29). The first-order chi connectivity index (χ1) is 14.4. The van der Waals surface area contributed by atoms with E-state index in [2.05, 4.69) is 41.2 Å². The number of hydrogen-bond acceptors (Lipinski definition) is 5. The lowest BCUT2D eigenvalue weighted by Crippen LogP contribution is -2.65. The maximum absolute atomic E-state index is 12.7. The van der Waals surface area contributed by atoms with Crippen LogP contribution in [0.5, 0.6) is 0 Å². The third-order valence-electron chi connectivity index (χ3n) is 7.67. The first-order valence-electron chi connectivity index (χ1n) is 11.8. The number of nitrogens with one attached hydrogen (secondary N) is 1. The van der Waals surface area contributed by atoms with Crippen LogP contribution in [0.15, 0.2) is 12.3 Å². The summed E-state index contributed by atoms with van der Waals surface area (Å²) in [5.41, 5.74) is -0.339. The second kappa shape index (κ2) is 8.87. The smallest absolute Gasteiger partial charge is 0.324 e. The number of carbonyl (C=O) groups is 2. The molecule has 1 N–H and O–H groups in total. The van der Waals surface area contributed by atoms with Gasteiger partial charge in [-0.2, -0.15) is 0 Å². The van der Waals surface area contributed by atoms with E-state index in [0.29, 0.717) is 32.2 Å². The molecule has 1 atom stereocenters. The van der Waals surface area contributed by atoms with Gasteiger partial charge in [-0.25, -0.2) is 4.79 Å². The van der Waals surface area contributed by atoms with Gasteiger partial charge >= 0.3 is 6.03 Å². The third kappa shape index (κ3) is 4.52. The number of amides is 3. The molecule has 3 heterocycles. The number of unbranched alkanes of at least 4 members (excludes halogenated alkanes) is 1. The molecule has 0 bridgehead atoms. The van der Waals surface area contributed by atoms with Crippen molar-refractivity contribution in [3.05, 3.63) is 12.3 Å². The molecule has 0 aromatic heterocycles. The molecule has 3 aliphatic heterocycles.